The Kier molecular flexibility index (Phi) is 6.91. The molecule has 0 aliphatic heterocycles. The zero-order valence-electron chi connectivity index (χ0n) is 15.4. The third-order valence-electron chi connectivity index (χ3n) is 3.86. The van der Waals surface area contributed by atoms with E-state index in [4.69, 9.17) is 9.47 Å². The highest BCUT2D eigenvalue weighted by atomic mass is 79.9. The van der Waals surface area contributed by atoms with Crippen LogP contribution in [0.3, 0.4) is 0 Å². The number of nitrogens with zero attached hydrogens (tertiary/aromatic N) is 2. The fourth-order valence-corrected chi connectivity index (χ4v) is 2.80. The number of carbonyl (C=O) groups is 1. The van der Waals surface area contributed by atoms with E-state index in [0.717, 1.165) is 5.56 Å². The van der Waals surface area contributed by atoms with Gasteiger partial charge in [-0.3, -0.25) is 9.78 Å². The maximum absolute atomic E-state index is 13.0. The van der Waals surface area contributed by atoms with Gasteiger partial charge in [0.2, 0.25) is 0 Å². The molecule has 1 N–H and O–H groups in total. The number of halogens is 2. The Balaban J connectivity index is 1.68. The minimum Gasteiger partial charge on any atom is -0.493 e. The Hall–Kier alpha value is -3.26. The van der Waals surface area contributed by atoms with Crippen molar-refractivity contribution >= 4 is 28.1 Å². The van der Waals surface area contributed by atoms with Crippen molar-refractivity contribution in [2.24, 2.45) is 5.10 Å². The van der Waals surface area contributed by atoms with Crippen LogP contribution in [0.2, 0.25) is 0 Å². The number of methoxy groups -OCH3 is 1. The minimum absolute atomic E-state index is 0.261. The molecule has 6 nitrogen and oxygen atoms in total. The van der Waals surface area contributed by atoms with Gasteiger partial charge in [-0.2, -0.15) is 5.10 Å². The third-order valence-corrected chi connectivity index (χ3v) is 4.54. The Morgan fingerprint density at radius 1 is 1.21 bits per heavy atom. The van der Waals surface area contributed by atoms with E-state index in [0.29, 0.717) is 21.5 Å². The molecule has 1 amide bonds. The summed E-state index contributed by atoms with van der Waals surface area (Å²) in [6.45, 7) is 0.261. The average Bonchev–Trinajstić information content (AvgIpc) is 2.75. The van der Waals surface area contributed by atoms with Crippen LogP contribution in [-0.4, -0.2) is 24.2 Å². The van der Waals surface area contributed by atoms with Crippen molar-refractivity contribution in [3.8, 4) is 11.5 Å². The molecule has 0 atom stereocenters. The molecular weight excluding hydrogens is 441 g/mol. The van der Waals surface area contributed by atoms with E-state index < -0.39 is 5.91 Å². The van der Waals surface area contributed by atoms with Gasteiger partial charge in [0.05, 0.1) is 13.3 Å². The van der Waals surface area contributed by atoms with Crippen LogP contribution in [0.1, 0.15) is 21.6 Å². The lowest BCUT2D eigenvalue weighted by Gasteiger charge is -2.12. The van der Waals surface area contributed by atoms with E-state index in [2.05, 4.69) is 31.4 Å². The van der Waals surface area contributed by atoms with Crippen molar-refractivity contribution in [2.45, 2.75) is 6.61 Å². The van der Waals surface area contributed by atoms with Gasteiger partial charge in [-0.15, -0.1) is 0 Å². The topological polar surface area (TPSA) is 72.8 Å². The number of hydrogen-bond donors (Lipinski definition) is 1. The van der Waals surface area contributed by atoms with E-state index in [1.54, 1.807) is 42.5 Å². The molecule has 3 aromatic rings. The molecule has 1 heterocycles. The summed E-state index contributed by atoms with van der Waals surface area (Å²) in [5.41, 5.74) is 4.20. The lowest BCUT2D eigenvalue weighted by Crippen LogP contribution is -2.18. The molecule has 0 fully saturated rings. The highest BCUT2D eigenvalue weighted by molar-refractivity contribution is 9.10. The van der Waals surface area contributed by atoms with Crippen molar-refractivity contribution in [2.75, 3.05) is 7.11 Å². The summed E-state index contributed by atoms with van der Waals surface area (Å²) in [6, 6.07) is 14.6. The lowest BCUT2D eigenvalue weighted by molar-refractivity contribution is 0.0950. The fraction of sp³-hybridized carbons (Fsp3) is 0.0952. The first-order valence-electron chi connectivity index (χ1n) is 8.56. The normalized spacial score (nSPS) is 10.7. The molecule has 0 saturated heterocycles. The van der Waals surface area contributed by atoms with Crippen molar-refractivity contribution in [1.82, 2.24) is 10.4 Å². The summed E-state index contributed by atoms with van der Waals surface area (Å²) in [5.74, 6) is 0.295. The Morgan fingerprint density at radius 2 is 2.00 bits per heavy atom. The zero-order chi connectivity index (χ0) is 20.6. The number of hydrazone groups is 1. The van der Waals surface area contributed by atoms with Crippen molar-refractivity contribution in [3.63, 3.8) is 0 Å². The number of aromatic nitrogens is 1. The molecule has 1 aromatic heterocycles. The van der Waals surface area contributed by atoms with Crippen LogP contribution in [0.4, 0.5) is 4.39 Å². The average molecular weight is 458 g/mol. The summed E-state index contributed by atoms with van der Waals surface area (Å²) >= 11 is 3.46. The Labute approximate surface area is 175 Å². The zero-order valence-corrected chi connectivity index (χ0v) is 17.0. The number of amides is 1. The van der Waals surface area contributed by atoms with Crippen molar-refractivity contribution in [1.29, 1.82) is 0 Å². The van der Waals surface area contributed by atoms with Crippen LogP contribution in [0.25, 0.3) is 0 Å². The van der Waals surface area contributed by atoms with Gasteiger partial charge in [0.15, 0.2) is 11.5 Å². The molecular formula is C21H17BrFN3O3. The van der Waals surface area contributed by atoms with E-state index in [9.17, 15) is 9.18 Å². The van der Waals surface area contributed by atoms with Gasteiger partial charge in [0, 0.05) is 16.2 Å². The van der Waals surface area contributed by atoms with Gasteiger partial charge in [0.1, 0.15) is 18.1 Å². The predicted molar refractivity (Wildman–Crippen MR) is 111 cm³/mol. The fourth-order valence-electron chi connectivity index (χ4n) is 2.38. The van der Waals surface area contributed by atoms with Crippen LogP contribution in [0.5, 0.6) is 11.5 Å². The summed E-state index contributed by atoms with van der Waals surface area (Å²) in [7, 11) is 1.53. The number of ether oxygens (including phenoxy) is 2. The molecule has 0 radical (unpaired) electrons. The van der Waals surface area contributed by atoms with Crippen molar-refractivity contribution in [3.05, 3.63) is 87.9 Å². The molecule has 0 saturated carbocycles. The number of hydrogen-bond acceptors (Lipinski definition) is 5. The smallest absolute Gasteiger partial charge is 0.289 e. The molecule has 29 heavy (non-hydrogen) atoms. The van der Waals surface area contributed by atoms with Crippen LogP contribution >= 0.6 is 15.9 Å². The second kappa shape index (κ2) is 9.79. The molecule has 2 aromatic carbocycles. The van der Waals surface area contributed by atoms with Gasteiger partial charge in [-0.1, -0.05) is 18.2 Å². The highest BCUT2D eigenvalue weighted by Crippen LogP contribution is 2.33. The SMILES string of the molecule is COc1cc(/C=N\NC(=O)c2ccccn2)c(Br)cc1OCc1ccc(F)cc1. The number of rotatable bonds is 7. The van der Waals surface area contributed by atoms with Gasteiger partial charge in [-0.25, -0.2) is 9.82 Å². The van der Waals surface area contributed by atoms with Crippen LogP contribution in [0, 0.1) is 5.82 Å². The predicted octanol–water partition coefficient (Wildman–Crippen LogP) is 4.33. The number of benzene rings is 2. The first kappa shape index (κ1) is 20.5. The van der Waals surface area contributed by atoms with Gasteiger partial charge >= 0.3 is 0 Å². The molecule has 8 heteroatoms. The van der Waals surface area contributed by atoms with E-state index in [1.807, 2.05) is 0 Å². The number of carbonyl (C=O) groups excluding carboxylic acids is 1. The summed E-state index contributed by atoms with van der Waals surface area (Å²) in [6.07, 6.45) is 3.02. The van der Waals surface area contributed by atoms with Gasteiger partial charge in [-0.05, 0) is 57.9 Å². The number of pyridine rings is 1. The molecule has 3 rings (SSSR count). The molecule has 0 aliphatic carbocycles. The van der Waals surface area contributed by atoms with Crippen LogP contribution < -0.4 is 14.9 Å². The van der Waals surface area contributed by atoms with Crippen LogP contribution in [0.15, 0.2) is 70.4 Å². The van der Waals surface area contributed by atoms with E-state index in [1.165, 1.54) is 31.7 Å². The minimum atomic E-state index is -0.413. The maximum atomic E-state index is 13.0. The van der Waals surface area contributed by atoms with Gasteiger partial charge in [0.25, 0.3) is 5.91 Å². The monoisotopic (exact) mass is 457 g/mol. The lowest BCUT2D eigenvalue weighted by atomic mass is 10.2. The molecule has 0 bridgehead atoms. The largest absolute Gasteiger partial charge is 0.493 e. The molecule has 0 spiro atoms. The van der Waals surface area contributed by atoms with Crippen molar-refractivity contribution < 1.29 is 18.7 Å². The second-order valence-electron chi connectivity index (χ2n) is 5.85. The molecule has 0 unspecified atom stereocenters. The Bertz CT molecular complexity index is 1010. The van der Waals surface area contributed by atoms with E-state index in [-0.39, 0.29) is 18.1 Å². The molecule has 0 aliphatic rings. The third kappa shape index (κ3) is 5.61. The molecule has 148 valence electrons. The highest BCUT2D eigenvalue weighted by Gasteiger charge is 2.10. The second-order valence-corrected chi connectivity index (χ2v) is 6.71. The summed E-state index contributed by atoms with van der Waals surface area (Å²) in [5, 5.41) is 3.96. The standard InChI is InChI=1S/C21H17BrFN3O3/c1-28-19-10-15(12-25-26-21(27)18-4-2-3-9-24-18)17(22)11-20(19)29-13-14-5-7-16(23)8-6-14/h2-12H,13H2,1H3,(H,26,27)/b25-12-. The number of nitrogens with one attached hydrogen (secondary N) is 1. The van der Waals surface area contributed by atoms with E-state index >= 15 is 0 Å². The summed E-state index contributed by atoms with van der Waals surface area (Å²) in [4.78, 5) is 15.9. The maximum Gasteiger partial charge on any atom is 0.289 e. The Morgan fingerprint density at radius 3 is 2.69 bits per heavy atom. The first-order chi connectivity index (χ1) is 14.1. The van der Waals surface area contributed by atoms with Crippen LogP contribution in [-0.2, 0) is 6.61 Å². The quantitative estimate of drug-likeness (QED) is 0.423. The summed E-state index contributed by atoms with van der Waals surface area (Å²) < 4.78 is 24.9. The first-order valence-corrected chi connectivity index (χ1v) is 9.35. The van der Waals surface area contributed by atoms with Gasteiger partial charge < -0.3 is 9.47 Å².